The molecule has 0 N–H and O–H groups in total. The molecule has 2 aromatic carbocycles. The zero-order chi connectivity index (χ0) is 13.4. The summed E-state index contributed by atoms with van der Waals surface area (Å²) in [6.45, 7) is 1.91. The molecule has 0 aliphatic rings. The summed E-state index contributed by atoms with van der Waals surface area (Å²) in [5, 5.41) is 3.63. The van der Waals surface area contributed by atoms with E-state index in [-0.39, 0.29) is 5.78 Å². The number of carbonyl (C=O) groups excluding carboxylic acids is 1. The number of carbonyl (C=O) groups is 1. The fraction of sp³-hybridized carbons (Fsp3) is 0.0625. The predicted octanol–water partition coefficient (Wildman–Crippen LogP) is 5.09. The van der Waals surface area contributed by atoms with E-state index in [0.717, 1.165) is 21.2 Å². The fourth-order valence-corrected chi connectivity index (χ4v) is 3.15. The predicted molar refractivity (Wildman–Crippen MR) is 81.4 cm³/mol. The molecule has 1 heterocycles. The molecular weight excluding hydrogens is 276 g/mol. The van der Waals surface area contributed by atoms with E-state index in [4.69, 9.17) is 11.6 Å². The van der Waals surface area contributed by atoms with Crippen LogP contribution in [0.25, 0.3) is 10.1 Å². The molecular formula is C16H11ClOS. The topological polar surface area (TPSA) is 17.1 Å². The van der Waals surface area contributed by atoms with Crippen molar-refractivity contribution < 1.29 is 4.79 Å². The highest BCUT2D eigenvalue weighted by Gasteiger charge is 2.14. The Hall–Kier alpha value is -1.64. The largest absolute Gasteiger partial charge is 0.289 e. The maximum atomic E-state index is 12.5. The lowest BCUT2D eigenvalue weighted by Gasteiger charge is -2.03. The Balaban J connectivity index is 2.11. The zero-order valence-electron chi connectivity index (χ0n) is 10.3. The number of fused-ring (bicyclic) bond motifs is 1. The Morgan fingerprint density at radius 1 is 1.16 bits per heavy atom. The van der Waals surface area contributed by atoms with Gasteiger partial charge in [0.05, 0.1) is 0 Å². The standard InChI is InChI=1S/C16H11ClOS/c1-10-8-11(6-7-14(10)17)16(18)13-9-19-15-5-3-2-4-12(13)15/h2-9H,1H3. The summed E-state index contributed by atoms with van der Waals surface area (Å²) in [5.41, 5.74) is 2.37. The second-order valence-corrected chi connectivity index (χ2v) is 5.76. The Bertz CT molecular complexity index is 773. The van der Waals surface area contributed by atoms with Gasteiger partial charge in [-0.2, -0.15) is 0 Å². The van der Waals surface area contributed by atoms with Crippen molar-refractivity contribution in [1.29, 1.82) is 0 Å². The summed E-state index contributed by atoms with van der Waals surface area (Å²) >= 11 is 7.59. The number of aryl methyl sites for hydroxylation is 1. The van der Waals surface area contributed by atoms with Crippen molar-refractivity contribution in [3.63, 3.8) is 0 Å². The summed E-state index contributed by atoms with van der Waals surface area (Å²) < 4.78 is 1.14. The van der Waals surface area contributed by atoms with Gasteiger partial charge in [-0.05, 0) is 36.8 Å². The number of thiophene rings is 1. The van der Waals surface area contributed by atoms with E-state index >= 15 is 0 Å². The fourth-order valence-electron chi connectivity index (χ4n) is 2.10. The van der Waals surface area contributed by atoms with E-state index in [1.807, 2.05) is 42.6 Å². The highest BCUT2D eigenvalue weighted by molar-refractivity contribution is 7.17. The van der Waals surface area contributed by atoms with Crippen LogP contribution in [0.4, 0.5) is 0 Å². The summed E-state index contributed by atoms with van der Waals surface area (Å²) in [6.07, 6.45) is 0. The maximum absolute atomic E-state index is 12.5. The van der Waals surface area contributed by atoms with E-state index in [1.54, 1.807) is 23.5 Å². The van der Waals surface area contributed by atoms with Gasteiger partial charge in [-0.3, -0.25) is 4.79 Å². The Morgan fingerprint density at radius 3 is 2.74 bits per heavy atom. The third kappa shape index (κ3) is 2.18. The van der Waals surface area contributed by atoms with Crippen LogP contribution >= 0.6 is 22.9 Å². The molecule has 0 saturated carbocycles. The number of hydrogen-bond acceptors (Lipinski definition) is 2. The average molecular weight is 287 g/mol. The molecule has 0 bridgehead atoms. The van der Waals surface area contributed by atoms with Gasteiger partial charge in [-0.25, -0.2) is 0 Å². The third-order valence-electron chi connectivity index (χ3n) is 3.15. The minimum Gasteiger partial charge on any atom is -0.289 e. The Labute approximate surface area is 120 Å². The molecule has 3 rings (SSSR count). The van der Waals surface area contributed by atoms with Crippen LogP contribution in [-0.2, 0) is 0 Å². The van der Waals surface area contributed by atoms with Gasteiger partial charge < -0.3 is 0 Å². The normalized spacial score (nSPS) is 10.8. The van der Waals surface area contributed by atoms with Crippen molar-refractivity contribution in [2.75, 3.05) is 0 Å². The maximum Gasteiger partial charge on any atom is 0.194 e. The van der Waals surface area contributed by atoms with Gasteiger partial charge in [0, 0.05) is 31.6 Å². The van der Waals surface area contributed by atoms with Crippen LogP contribution in [0.2, 0.25) is 5.02 Å². The Morgan fingerprint density at radius 2 is 1.95 bits per heavy atom. The lowest BCUT2D eigenvalue weighted by atomic mass is 10.0. The van der Waals surface area contributed by atoms with Crippen LogP contribution in [0, 0.1) is 6.92 Å². The molecule has 0 atom stereocenters. The SMILES string of the molecule is Cc1cc(C(=O)c2csc3ccccc23)ccc1Cl. The van der Waals surface area contributed by atoms with Gasteiger partial charge in [-0.15, -0.1) is 11.3 Å². The molecule has 1 aromatic heterocycles. The van der Waals surface area contributed by atoms with Crippen LogP contribution in [0.3, 0.4) is 0 Å². The number of halogens is 1. The second-order valence-electron chi connectivity index (χ2n) is 4.44. The lowest BCUT2D eigenvalue weighted by molar-refractivity contribution is 0.104. The third-order valence-corrected chi connectivity index (χ3v) is 4.53. The van der Waals surface area contributed by atoms with Crippen molar-refractivity contribution in [2.24, 2.45) is 0 Å². The number of benzene rings is 2. The van der Waals surface area contributed by atoms with Crippen LogP contribution in [-0.4, -0.2) is 5.78 Å². The van der Waals surface area contributed by atoms with Gasteiger partial charge in [0.2, 0.25) is 0 Å². The van der Waals surface area contributed by atoms with Gasteiger partial charge in [0.25, 0.3) is 0 Å². The minimum atomic E-state index is 0.0530. The highest BCUT2D eigenvalue weighted by Crippen LogP contribution is 2.28. The molecule has 1 nitrogen and oxygen atoms in total. The van der Waals surface area contributed by atoms with Crippen molar-refractivity contribution in [3.8, 4) is 0 Å². The monoisotopic (exact) mass is 286 g/mol. The van der Waals surface area contributed by atoms with Crippen molar-refractivity contribution in [2.45, 2.75) is 6.92 Å². The molecule has 0 amide bonds. The van der Waals surface area contributed by atoms with Crippen molar-refractivity contribution in [3.05, 3.63) is 69.6 Å². The number of rotatable bonds is 2. The number of hydrogen-bond donors (Lipinski definition) is 0. The molecule has 0 spiro atoms. The number of ketones is 1. The van der Waals surface area contributed by atoms with Crippen LogP contribution < -0.4 is 0 Å². The van der Waals surface area contributed by atoms with Gasteiger partial charge >= 0.3 is 0 Å². The molecule has 0 unspecified atom stereocenters. The van der Waals surface area contributed by atoms with Crippen molar-refractivity contribution >= 4 is 38.8 Å². The zero-order valence-corrected chi connectivity index (χ0v) is 11.9. The first-order valence-corrected chi connectivity index (χ1v) is 7.19. The molecule has 3 aromatic rings. The summed E-state index contributed by atoms with van der Waals surface area (Å²) in [7, 11) is 0. The quantitative estimate of drug-likeness (QED) is 0.599. The van der Waals surface area contributed by atoms with Crippen molar-refractivity contribution in [1.82, 2.24) is 0 Å². The lowest BCUT2D eigenvalue weighted by Crippen LogP contribution is -2.00. The van der Waals surface area contributed by atoms with Crippen LogP contribution in [0.5, 0.6) is 0 Å². The molecule has 0 fully saturated rings. The van der Waals surface area contributed by atoms with E-state index in [0.29, 0.717) is 10.6 Å². The molecule has 0 saturated heterocycles. The minimum absolute atomic E-state index is 0.0530. The smallest absolute Gasteiger partial charge is 0.194 e. The van der Waals surface area contributed by atoms with Gasteiger partial charge in [-0.1, -0.05) is 29.8 Å². The van der Waals surface area contributed by atoms with Gasteiger partial charge in [0.15, 0.2) is 5.78 Å². The molecule has 0 radical (unpaired) electrons. The molecule has 0 aliphatic carbocycles. The van der Waals surface area contributed by atoms with E-state index in [2.05, 4.69) is 0 Å². The second kappa shape index (κ2) is 4.80. The Kier molecular flexibility index (Phi) is 3.13. The van der Waals surface area contributed by atoms with E-state index in [9.17, 15) is 4.79 Å². The van der Waals surface area contributed by atoms with E-state index in [1.165, 1.54) is 0 Å². The molecule has 3 heteroatoms. The molecule has 0 aliphatic heterocycles. The average Bonchev–Trinajstić information content (AvgIpc) is 2.85. The van der Waals surface area contributed by atoms with E-state index < -0.39 is 0 Å². The molecule has 19 heavy (non-hydrogen) atoms. The first kappa shape index (κ1) is 12.4. The summed E-state index contributed by atoms with van der Waals surface area (Å²) in [5.74, 6) is 0.0530. The highest BCUT2D eigenvalue weighted by atomic mass is 35.5. The van der Waals surface area contributed by atoms with Crippen LogP contribution in [0.1, 0.15) is 21.5 Å². The van der Waals surface area contributed by atoms with Crippen LogP contribution in [0.15, 0.2) is 47.8 Å². The first-order chi connectivity index (χ1) is 9.16. The van der Waals surface area contributed by atoms with Gasteiger partial charge in [0.1, 0.15) is 0 Å². The first-order valence-electron chi connectivity index (χ1n) is 5.94. The molecule has 94 valence electrons. The summed E-state index contributed by atoms with van der Waals surface area (Å²) in [6, 6.07) is 13.4. The summed E-state index contributed by atoms with van der Waals surface area (Å²) in [4.78, 5) is 12.5.